The lowest BCUT2D eigenvalue weighted by molar-refractivity contribution is -0.275. The molecule has 1 aromatic rings. The van der Waals surface area contributed by atoms with Crippen LogP contribution in [-0.4, -0.2) is 25.6 Å². The lowest BCUT2D eigenvalue weighted by Gasteiger charge is -2.15. The van der Waals surface area contributed by atoms with Gasteiger partial charge < -0.3 is 14.2 Å². The van der Waals surface area contributed by atoms with Gasteiger partial charge in [-0.2, -0.15) is 14.0 Å². The number of ether oxygens (including phenoxy) is 3. The molecule has 10 heteroatoms. The minimum atomic E-state index is -5.17. The van der Waals surface area contributed by atoms with Crippen LogP contribution >= 0.6 is 0 Å². The van der Waals surface area contributed by atoms with E-state index in [0.29, 0.717) is 12.1 Å². The standard InChI is InChI=1S/C13H10F5NO4/c1-2-21-11(20)5-7-3-9(22-12(14)15)10(4-8(7)6-19)23-13(16,17)18/h3-4,12H,2,5H2,1H3. The summed E-state index contributed by atoms with van der Waals surface area (Å²) < 4.78 is 73.6. The van der Waals surface area contributed by atoms with Gasteiger partial charge in [-0.25, -0.2) is 0 Å². The summed E-state index contributed by atoms with van der Waals surface area (Å²) >= 11 is 0. The number of esters is 1. The molecule has 5 nitrogen and oxygen atoms in total. The first-order chi connectivity index (χ1) is 10.7. The summed E-state index contributed by atoms with van der Waals surface area (Å²) in [4.78, 5) is 11.4. The topological polar surface area (TPSA) is 68.6 Å². The van der Waals surface area contributed by atoms with Crippen LogP contribution in [-0.2, 0) is 16.0 Å². The van der Waals surface area contributed by atoms with E-state index in [4.69, 9.17) is 5.26 Å². The summed E-state index contributed by atoms with van der Waals surface area (Å²) in [6.07, 6.45) is -5.67. The van der Waals surface area contributed by atoms with Crippen molar-refractivity contribution in [1.29, 1.82) is 5.26 Å². The molecule has 0 amide bonds. The minimum Gasteiger partial charge on any atom is -0.466 e. The number of rotatable bonds is 6. The zero-order valence-electron chi connectivity index (χ0n) is 11.6. The maximum absolute atomic E-state index is 12.3. The van der Waals surface area contributed by atoms with Crippen LogP contribution in [0.15, 0.2) is 12.1 Å². The second-order valence-electron chi connectivity index (χ2n) is 3.98. The lowest BCUT2D eigenvalue weighted by Crippen LogP contribution is -2.19. The molecule has 0 aromatic heterocycles. The fraction of sp³-hybridized carbons (Fsp3) is 0.385. The molecule has 0 saturated heterocycles. The van der Waals surface area contributed by atoms with Crippen molar-refractivity contribution in [3.63, 3.8) is 0 Å². The summed E-state index contributed by atoms with van der Waals surface area (Å²) in [7, 11) is 0. The second-order valence-corrected chi connectivity index (χ2v) is 3.98. The van der Waals surface area contributed by atoms with E-state index < -0.39 is 36.9 Å². The van der Waals surface area contributed by atoms with Crippen LogP contribution in [0.4, 0.5) is 22.0 Å². The van der Waals surface area contributed by atoms with Crippen LogP contribution < -0.4 is 9.47 Å². The average Bonchev–Trinajstić information content (AvgIpc) is 2.39. The zero-order chi connectivity index (χ0) is 17.6. The highest BCUT2D eigenvalue weighted by Gasteiger charge is 2.33. The largest absolute Gasteiger partial charge is 0.573 e. The number of halogens is 5. The molecular weight excluding hydrogens is 329 g/mol. The Bertz CT molecular complexity index is 610. The summed E-state index contributed by atoms with van der Waals surface area (Å²) in [5.41, 5.74) is -0.491. The van der Waals surface area contributed by atoms with Crippen molar-refractivity contribution in [2.45, 2.75) is 26.3 Å². The van der Waals surface area contributed by atoms with Crippen LogP contribution in [0.25, 0.3) is 0 Å². The van der Waals surface area contributed by atoms with Gasteiger partial charge in [0.2, 0.25) is 0 Å². The smallest absolute Gasteiger partial charge is 0.466 e. The molecule has 1 aromatic carbocycles. The fourth-order valence-corrected chi connectivity index (χ4v) is 1.61. The van der Waals surface area contributed by atoms with Crippen molar-refractivity contribution in [3.05, 3.63) is 23.3 Å². The van der Waals surface area contributed by atoms with Gasteiger partial charge in [0.05, 0.1) is 24.7 Å². The molecular formula is C13H10F5NO4. The van der Waals surface area contributed by atoms with E-state index in [2.05, 4.69) is 14.2 Å². The number of benzene rings is 1. The maximum atomic E-state index is 12.3. The third kappa shape index (κ3) is 5.98. The molecule has 0 fully saturated rings. The Balaban J connectivity index is 3.27. The summed E-state index contributed by atoms with van der Waals surface area (Å²) in [6, 6.07) is 2.83. The molecule has 1 rings (SSSR count). The van der Waals surface area contributed by atoms with Crippen LogP contribution in [0.1, 0.15) is 18.1 Å². The highest BCUT2D eigenvalue weighted by molar-refractivity contribution is 5.74. The number of nitriles is 1. The highest BCUT2D eigenvalue weighted by Crippen LogP contribution is 2.36. The van der Waals surface area contributed by atoms with Crippen LogP contribution in [0, 0.1) is 11.3 Å². The number of hydrogen-bond donors (Lipinski definition) is 0. The van der Waals surface area contributed by atoms with E-state index in [0.717, 1.165) is 0 Å². The van der Waals surface area contributed by atoms with Crippen molar-refractivity contribution in [2.75, 3.05) is 6.61 Å². The second kappa shape index (κ2) is 7.62. The van der Waals surface area contributed by atoms with Gasteiger partial charge in [-0.1, -0.05) is 0 Å². The minimum absolute atomic E-state index is 0.0381. The van der Waals surface area contributed by atoms with Crippen LogP contribution in [0.5, 0.6) is 11.5 Å². The number of alkyl halides is 5. The van der Waals surface area contributed by atoms with Gasteiger partial charge in [0.15, 0.2) is 11.5 Å². The molecule has 0 bridgehead atoms. The Hall–Kier alpha value is -2.57. The summed E-state index contributed by atoms with van der Waals surface area (Å²) in [5.74, 6) is -2.84. The predicted molar refractivity (Wildman–Crippen MR) is 64.8 cm³/mol. The first-order valence-corrected chi connectivity index (χ1v) is 6.09. The first kappa shape index (κ1) is 18.5. The Labute approximate surface area is 127 Å². The Morgan fingerprint density at radius 2 is 1.96 bits per heavy atom. The maximum Gasteiger partial charge on any atom is 0.573 e. The summed E-state index contributed by atoms with van der Waals surface area (Å²) in [5, 5.41) is 8.93. The molecule has 0 spiro atoms. The van der Waals surface area contributed by atoms with Crippen molar-refractivity contribution in [2.24, 2.45) is 0 Å². The molecule has 23 heavy (non-hydrogen) atoms. The molecule has 0 radical (unpaired) electrons. The Morgan fingerprint density at radius 1 is 1.30 bits per heavy atom. The molecule has 0 N–H and O–H groups in total. The van der Waals surface area contributed by atoms with Gasteiger partial charge >= 0.3 is 18.9 Å². The lowest BCUT2D eigenvalue weighted by atomic mass is 10.0. The van der Waals surface area contributed by atoms with Gasteiger partial charge in [0, 0.05) is 6.07 Å². The molecule has 0 atom stereocenters. The molecule has 0 heterocycles. The molecule has 0 unspecified atom stereocenters. The van der Waals surface area contributed by atoms with Gasteiger partial charge in [-0.05, 0) is 18.6 Å². The van der Waals surface area contributed by atoms with Gasteiger partial charge in [-0.3, -0.25) is 4.79 Å². The van der Waals surface area contributed by atoms with Crippen molar-refractivity contribution in [3.8, 4) is 17.6 Å². The fourth-order valence-electron chi connectivity index (χ4n) is 1.61. The molecule has 0 aliphatic carbocycles. The Morgan fingerprint density at radius 3 is 2.43 bits per heavy atom. The monoisotopic (exact) mass is 339 g/mol. The van der Waals surface area contributed by atoms with E-state index in [9.17, 15) is 26.7 Å². The quantitative estimate of drug-likeness (QED) is 0.588. The SMILES string of the molecule is CCOC(=O)Cc1cc(OC(F)F)c(OC(F)(F)F)cc1C#N. The van der Waals surface area contributed by atoms with E-state index in [1.807, 2.05) is 0 Å². The normalized spacial score (nSPS) is 11.0. The van der Waals surface area contributed by atoms with E-state index in [1.165, 1.54) is 6.92 Å². The average molecular weight is 339 g/mol. The number of carbonyl (C=O) groups excluding carboxylic acids is 1. The summed E-state index contributed by atoms with van der Waals surface area (Å²) in [6.45, 7) is -1.86. The van der Waals surface area contributed by atoms with Crippen LogP contribution in [0.3, 0.4) is 0 Å². The van der Waals surface area contributed by atoms with E-state index in [1.54, 1.807) is 6.07 Å². The highest BCUT2D eigenvalue weighted by atomic mass is 19.4. The van der Waals surface area contributed by atoms with Gasteiger partial charge in [-0.15, -0.1) is 13.2 Å². The zero-order valence-corrected chi connectivity index (χ0v) is 11.6. The van der Waals surface area contributed by atoms with Gasteiger partial charge in [0.1, 0.15) is 0 Å². The first-order valence-electron chi connectivity index (χ1n) is 6.09. The van der Waals surface area contributed by atoms with Crippen LogP contribution in [0.2, 0.25) is 0 Å². The number of hydrogen-bond acceptors (Lipinski definition) is 5. The van der Waals surface area contributed by atoms with Crippen molar-refractivity contribution >= 4 is 5.97 Å². The number of nitrogens with zero attached hydrogens (tertiary/aromatic N) is 1. The van der Waals surface area contributed by atoms with E-state index >= 15 is 0 Å². The predicted octanol–water partition coefficient (Wildman–Crippen LogP) is 3.16. The molecule has 126 valence electrons. The van der Waals surface area contributed by atoms with Crippen molar-refractivity contribution < 1.29 is 41.0 Å². The number of carbonyl (C=O) groups is 1. The van der Waals surface area contributed by atoms with Crippen molar-refractivity contribution in [1.82, 2.24) is 0 Å². The third-order valence-electron chi connectivity index (χ3n) is 2.37. The molecule has 0 saturated carbocycles. The van der Waals surface area contributed by atoms with E-state index in [-0.39, 0.29) is 17.7 Å². The molecule has 0 aliphatic rings. The molecule has 0 aliphatic heterocycles. The third-order valence-corrected chi connectivity index (χ3v) is 2.37. The van der Waals surface area contributed by atoms with Gasteiger partial charge in [0.25, 0.3) is 0 Å². The Kier molecular flexibility index (Phi) is 6.12.